The second-order valence-corrected chi connectivity index (χ2v) is 3.09. The zero-order valence-corrected chi connectivity index (χ0v) is 9.33. The molecule has 0 aliphatic carbocycles. The molecule has 3 nitrogen and oxygen atoms in total. The average molecular weight is 190 g/mol. The van der Waals surface area contributed by atoms with Gasteiger partial charge >= 0.3 is 5.97 Å². The highest BCUT2D eigenvalue weighted by Gasteiger charge is 1.99. The summed E-state index contributed by atoms with van der Waals surface area (Å²) in [7, 11) is 0. The lowest BCUT2D eigenvalue weighted by atomic mass is 10.3. The van der Waals surface area contributed by atoms with Gasteiger partial charge in [0.25, 0.3) is 0 Å². The summed E-state index contributed by atoms with van der Waals surface area (Å²) < 4.78 is 4.76. The zero-order valence-electron chi connectivity index (χ0n) is 9.33. The number of carbonyl (C=O) groups is 1. The molecular weight excluding hydrogens is 168 g/mol. The Bertz CT molecular complexity index is 121. The van der Waals surface area contributed by atoms with E-state index in [4.69, 9.17) is 9.84 Å². The van der Waals surface area contributed by atoms with Crippen LogP contribution in [0.3, 0.4) is 0 Å². The third-order valence-corrected chi connectivity index (χ3v) is 1.53. The maximum atomic E-state index is 10.2. The second-order valence-electron chi connectivity index (χ2n) is 3.09. The van der Waals surface area contributed by atoms with Crippen molar-refractivity contribution in [3.05, 3.63) is 0 Å². The van der Waals surface area contributed by atoms with Crippen LogP contribution < -0.4 is 0 Å². The summed E-state index contributed by atoms with van der Waals surface area (Å²) in [5, 5.41) is 8.36. The molecule has 0 fully saturated rings. The van der Waals surface area contributed by atoms with Gasteiger partial charge in [-0.3, -0.25) is 4.79 Å². The van der Waals surface area contributed by atoms with Crippen LogP contribution in [0, 0.1) is 0 Å². The lowest BCUT2D eigenvalue weighted by Gasteiger charge is -2.06. The highest BCUT2D eigenvalue weighted by atomic mass is 16.5. The van der Waals surface area contributed by atoms with Crippen molar-refractivity contribution in [2.75, 3.05) is 0 Å². The fraction of sp³-hybridized carbons (Fsp3) is 0.900. The van der Waals surface area contributed by atoms with Gasteiger partial charge in [0.05, 0.1) is 12.2 Å². The quantitative estimate of drug-likeness (QED) is 0.693. The van der Waals surface area contributed by atoms with Gasteiger partial charge in [0.1, 0.15) is 0 Å². The monoisotopic (exact) mass is 190 g/mol. The van der Waals surface area contributed by atoms with Gasteiger partial charge in [-0.1, -0.05) is 13.8 Å². The number of ether oxygens (including phenoxy) is 1. The van der Waals surface area contributed by atoms with Crippen LogP contribution in [0.2, 0.25) is 0 Å². The fourth-order valence-corrected chi connectivity index (χ4v) is 0.367. The predicted molar refractivity (Wildman–Crippen MR) is 53.5 cm³/mol. The Labute approximate surface area is 81.1 Å². The Kier molecular flexibility index (Phi) is 10.9. The Morgan fingerprint density at radius 3 is 1.77 bits per heavy atom. The Morgan fingerprint density at radius 1 is 1.31 bits per heavy atom. The molecule has 0 rings (SSSR count). The normalized spacial score (nSPS) is 13.7. The number of hydrogen-bond donors (Lipinski definition) is 1. The Balaban J connectivity index is 0. The van der Waals surface area contributed by atoms with E-state index in [1.54, 1.807) is 6.92 Å². The molecule has 80 valence electrons. The molecule has 1 N–H and O–H groups in total. The largest absolute Gasteiger partial charge is 0.463 e. The first-order chi connectivity index (χ1) is 5.93. The first-order valence-corrected chi connectivity index (χ1v) is 4.79. The Hall–Kier alpha value is -0.570. The smallest absolute Gasteiger partial charge is 0.302 e. The van der Waals surface area contributed by atoms with Crippen LogP contribution in [-0.2, 0) is 9.53 Å². The van der Waals surface area contributed by atoms with E-state index in [1.165, 1.54) is 6.92 Å². The van der Waals surface area contributed by atoms with E-state index in [2.05, 4.69) is 0 Å². The highest BCUT2D eigenvalue weighted by Crippen LogP contribution is 1.94. The topological polar surface area (TPSA) is 46.5 Å². The molecule has 0 saturated heterocycles. The summed E-state index contributed by atoms with van der Waals surface area (Å²) in [5.74, 6) is -0.195. The van der Waals surface area contributed by atoms with Gasteiger partial charge in [0.2, 0.25) is 0 Å². The highest BCUT2D eigenvalue weighted by molar-refractivity contribution is 5.66. The third kappa shape index (κ3) is 18.4. The third-order valence-electron chi connectivity index (χ3n) is 1.53. The summed E-state index contributed by atoms with van der Waals surface area (Å²) in [6.07, 6.45) is 1.71. The average Bonchev–Trinajstić information content (AvgIpc) is 2.04. The van der Waals surface area contributed by atoms with E-state index in [9.17, 15) is 4.79 Å². The van der Waals surface area contributed by atoms with E-state index in [1.807, 2.05) is 20.8 Å². The van der Waals surface area contributed by atoms with Crippen molar-refractivity contribution >= 4 is 5.97 Å². The van der Waals surface area contributed by atoms with Gasteiger partial charge in [-0.05, 0) is 26.7 Å². The minimum atomic E-state index is -0.195. The molecule has 0 saturated carbocycles. The maximum absolute atomic E-state index is 10.2. The van der Waals surface area contributed by atoms with Crippen molar-refractivity contribution in [3.8, 4) is 0 Å². The van der Waals surface area contributed by atoms with Crippen LogP contribution in [-0.4, -0.2) is 23.3 Å². The number of hydrogen-bond acceptors (Lipinski definition) is 3. The van der Waals surface area contributed by atoms with E-state index in [-0.39, 0.29) is 18.2 Å². The number of rotatable bonds is 3. The van der Waals surface area contributed by atoms with Gasteiger partial charge < -0.3 is 9.84 Å². The SMILES string of the molecule is CCC(C)O.CCC(C)OC(C)=O. The molecule has 13 heavy (non-hydrogen) atoms. The summed E-state index contributed by atoms with van der Waals surface area (Å²) in [4.78, 5) is 10.2. The van der Waals surface area contributed by atoms with Crippen LogP contribution in [0.15, 0.2) is 0 Å². The van der Waals surface area contributed by atoms with Crippen LogP contribution in [0.1, 0.15) is 47.5 Å². The van der Waals surface area contributed by atoms with E-state index >= 15 is 0 Å². The second kappa shape index (κ2) is 9.52. The minimum Gasteiger partial charge on any atom is -0.463 e. The summed E-state index contributed by atoms with van der Waals surface area (Å²) >= 11 is 0. The maximum Gasteiger partial charge on any atom is 0.302 e. The summed E-state index contributed by atoms with van der Waals surface area (Å²) in [6, 6.07) is 0. The lowest BCUT2D eigenvalue weighted by Crippen LogP contribution is -2.09. The van der Waals surface area contributed by atoms with Gasteiger partial charge in [-0.2, -0.15) is 0 Å². The molecule has 0 spiro atoms. The molecular formula is C10H22O3. The van der Waals surface area contributed by atoms with E-state index in [0.29, 0.717) is 0 Å². The molecule has 2 unspecified atom stereocenters. The number of aliphatic hydroxyl groups excluding tert-OH is 1. The van der Waals surface area contributed by atoms with Crippen LogP contribution in [0.5, 0.6) is 0 Å². The van der Waals surface area contributed by atoms with Crippen LogP contribution in [0.4, 0.5) is 0 Å². The summed E-state index contributed by atoms with van der Waals surface area (Å²) in [5.41, 5.74) is 0. The van der Waals surface area contributed by atoms with Crippen molar-refractivity contribution in [2.45, 2.75) is 59.7 Å². The van der Waals surface area contributed by atoms with Gasteiger partial charge in [-0.15, -0.1) is 0 Å². The number of carbonyl (C=O) groups excluding carboxylic acids is 1. The molecule has 0 radical (unpaired) electrons. The van der Waals surface area contributed by atoms with Crippen molar-refractivity contribution in [1.82, 2.24) is 0 Å². The first kappa shape index (κ1) is 14.9. The number of aliphatic hydroxyl groups is 1. The molecule has 0 aromatic rings. The molecule has 0 amide bonds. The van der Waals surface area contributed by atoms with E-state index < -0.39 is 0 Å². The molecule has 0 aliphatic rings. The molecule has 0 aromatic heterocycles. The van der Waals surface area contributed by atoms with Gasteiger partial charge in [0, 0.05) is 6.92 Å². The summed E-state index contributed by atoms with van der Waals surface area (Å²) in [6.45, 7) is 9.01. The fourth-order valence-electron chi connectivity index (χ4n) is 0.367. The van der Waals surface area contributed by atoms with Crippen LogP contribution in [0.25, 0.3) is 0 Å². The van der Waals surface area contributed by atoms with E-state index in [0.717, 1.165) is 12.8 Å². The lowest BCUT2D eigenvalue weighted by molar-refractivity contribution is -0.145. The Morgan fingerprint density at radius 2 is 1.69 bits per heavy atom. The molecule has 3 heteroatoms. The predicted octanol–water partition coefficient (Wildman–Crippen LogP) is 2.13. The minimum absolute atomic E-state index is 0.0764. The standard InChI is InChI=1S/C6H12O2.C4H10O/c1-4-5(2)8-6(3)7;1-3-4(2)5/h5H,4H2,1-3H3;4-5H,3H2,1-2H3. The molecule has 0 aromatic carbocycles. The molecule has 2 atom stereocenters. The van der Waals surface area contributed by atoms with Crippen molar-refractivity contribution in [1.29, 1.82) is 0 Å². The molecule has 0 bridgehead atoms. The van der Waals surface area contributed by atoms with Gasteiger partial charge in [0.15, 0.2) is 0 Å². The van der Waals surface area contributed by atoms with Crippen molar-refractivity contribution < 1.29 is 14.6 Å². The number of esters is 1. The molecule has 0 aliphatic heterocycles. The van der Waals surface area contributed by atoms with Crippen LogP contribution >= 0.6 is 0 Å². The van der Waals surface area contributed by atoms with Gasteiger partial charge in [-0.25, -0.2) is 0 Å². The first-order valence-electron chi connectivity index (χ1n) is 4.79. The molecule has 0 heterocycles. The zero-order chi connectivity index (χ0) is 10.9. The van der Waals surface area contributed by atoms with Crippen molar-refractivity contribution in [2.24, 2.45) is 0 Å². The van der Waals surface area contributed by atoms with Crippen molar-refractivity contribution in [3.63, 3.8) is 0 Å².